The van der Waals surface area contributed by atoms with E-state index >= 15 is 0 Å². The number of carbonyl (C=O) groups excluding carboxylic acids is 2. The zero-order valence-corrected chi connectivity index (χ0v) is 16.5. The van der Waals surface area contributed by atoms with E-state index in [-0.39, 0.29) is 11.8 Å². The zero-order valence-electron chi connectivity index (χ0n) is 16.5. The summed E-state index contributed by atoms with van der Waals surface area (Å²) in [7, 11) is 2.12. The highest BCUT2D eigenvalue weighted by atomic mass is 16.2. The van der Waals surface area contributed by atoms with Crippen molar-refractivity contribution < 1.29 is 9.59 Å². The maximum absolute atomic E-state index is 12.7. The number of piperazine rings is 1. The van der Waals surface area contributed by atoms with Gasteiger partial charge in [-0.05, 0) is 44.7 Å². The van der Waals surface area contributed by atoms with Crippen LogP contribution in [0.1, 0.15) is 29.8 Å². The summed E-state index contributed by atoms with van der Waals surface area (Å²) in [6.07, 6.45) is 1.72. The zero-order chi connectivity index (χ0) is 19.9. The Balaban J connectivity index is 1.50. The summed E-state index contributed by atoms with van der Waals surface area (Å²) >= 11 is 0. The molecule has 4 rings (SSSR count). The molecule has 7 heteroatoms. The lowest BCUT2D eigenvalue weighted by molar-refractivity contribution is -0.119. The second-order valence-electron chi connectivity index (χ2n) is 7.98. The molecule has 2 amide bonds. The Hall–Kier alpha value is -2.93. The number of amides is 2. The fraction of sp³-hybridized carbons (Fsp3) is 0.381. The van der Waals surface area contributed by atoms with Gasteiger partial charge in [-0.25, -0.2) is 4.98 Å². The Labute approximate surface area is 164 Å². The first-order valence-corrected chi connectivity index (χ1v) is 9.51. The van der Waals surface area contributed by atoms with Crippen LogP contribution in [-0.2, 0) is 10.2 Å². The van der Waals surface area contributed by atoms with E-state index in [0.29, 0.717) is 17.1 Å². The van der Waals surface area contributed by atoms with Crippen molar-refractivity contribution in [2.24, 2.45) is 0 Å². The van der Waals surface area contributed by atoms with E-state index in [1.807, 2.05) is 32.0 Å². The van der Waals surface area contributed by atoms with Crippen LogP contribution in [0.4, 0.5) is 17.2 Å². The van der Waals surface area contributed by atoms with Gasteiger partial charge in [0.05, 0.1) is 5.41 Å². The summed E-state index contributed by atoms with van der Waals surface area (Å²) < 4.78 is 0. The molecule has 1 aromatic heterocycles. The third kappa shape index (κ3) is 3.33. The van der Waals surface area contributed by atoms with Gasteiger partial charge in [-0.15, -0.1) is 0 Å². The number of nitrogens with zero attached hydrogens (tertiary/aromatic N) is 3. The summed E-state index contributed by atoms with van der Waals surface area (Å²) in [4.78, 5) is 33.7. The van der Waals surface area contributed by atoms with Gasteiger partial charge in [-0.1, -0.05) is 6.07 Å². The molecule has 2 aliphatic rings. The Kier molecular flexibility index (Phi) is 4.55. The number of aromatic nitrogens is 1. The number of rotatable bonds is 3. The van der Waals surface area contributed by atoms with Gasteiger partial charge in [0.15, 0.2) is 0 Å². The molecule has 2 N–H and O–H groups in total. The van der Waals surface area contributed by atoms with Crippen LogP contribution in [0, 0.1) is 0 Å². The van der Waals surface area contributed by atoms with Crippen LogP contribution in [0.3, 0.4) is 0 Å². The van der Waals surface area contributed by atoms with Crippen LogP contribution in [-0.4, -0.2) is 54.9 Å². The molecule has 1 saturated heterocycles. The monoisotopic (exact) mass is 379 g/mol. The van der Waals surface area contributed by atoms with Gasteiger partial charge in [0, 0.05) is 55.4 Å². The van der Waals surface area contributed by atoms with Gasteiger partial charge >= 0.3 is 0 Å². The minimum atomic E-state index is -0.581. The lowest BCUT2D eigenvalue weighted by atomic mass is 9.86. The molecule has 1 aromatic carbocycles. The van der Waals surface area contributed by atoms with Crippen LogP contribution in [0.25, 0.3) is 0 Å². The standard InChI is InChI=1S/C21H25N5O2/c1-21(2)16-5-4-14(12-17(16)23-20(21)28)19(27)24-18-13-15(6-7-22-18)26-10-8-25(3)9-11-26/h4-7,12-13H,8-11H2,1-3H3,(H,23,28)(H,22,24,27). The number of hydrogen-bond donors (Lipinski definition) is 2. The van der Waals surface area contributed by atoms with Gasteiger partial charge in [0.1, 0.15) is 5.82 Å². The highest BCUT2D eigenvalue weighted by Crippen LogP contribution is 2.37. The molecule has 3 heterocycles. The van der Waals surface area contributed by atoms with Gasteiger partial charge in [-0.3, -0.25) is 9.59 Å². The van der Waals surface area contributed by atoms with Gasteiger partial charge in [0.25, 0.3) is 5.91 Å². The van der Waals surface area contributed by atoms with E-state index in [2.05, 4.69) is 32.5 Å². The van der Waals surface area contributed by atoms with Crippen LogP contribution in [0.2, 0.25) is 0 Å². The average Bonchev–Trinajstić information content (AvgIpc) is 2.91. The molecule has 2 aromatic rings. The summed E-state index contributed by atoms with van der Waals surface area (Å²) in [5.74, 6) is 0.220. The molecule has 2 aliphatic heterocycles. The quantitative estimate of drug-likeness (QED) is 0.856. The summed E-state index contributed by atoms with van der Waals surface area (Å²) in [5, 5.41) is 5.73. The van der Waals surface area contributed by atoms with Crippen molar-refractivity contribution in [3.05, 3.63) is 47.7 Å². The highest BCUT2D eigenvalue weighted by Gasteiger charge is 2.38. The van der Waals surface area contributed by atoms with Crippen molar-refractivity contribution in [2.45, 2.75) is 19.3 Å². The first-order chi connectivity index (χ1) is 13.3. The second-order valence-corrected chi connectivity index (χ2v) is 7.98. The maximum Gasteiger partial charge on any atom is 0.256 e. The molecule has 0 saturated carbocycles. The molecule has 1 fully saturated rings. The predicted octanol–water partition coefficient (Wildman–Crippen LogP) is 2.32. The highest BCUT2D eigenvalue weighted by molar-refractivity contribution is 6.09. The molecule has 7 nitrogen and oxygen atoms in total. The first kappa shape index (κ1) is 18.4. The van der Waals surface area contributed by atoms with Crippen LogP contribution in [0.5, 0.6) is 0 Å². The smallest absolute Gasteiger partial charge is 0.256 e. The fourth-order valence-electron chi connectivity index (χ4n) is 3.67. The number of nitrogens with one attached hydrogen (secondary N) is 2. The number of carbonyl (C=O) groups is 2. The molecule has 146 valence electrons. The van der Waals surface area contributed by atoms with E-state index in [1.165, 1.54) is 0 Å². The van der Waals surface area contributed by atoms with Gasteiger partial charge < -0.3 is 20.4 Å². The molecule has 0 aliphatic carbocycles. The third-order valence-electron chi connectivity index (χ3n) is 5.62. The topological polar surface area (TPSA) is 77.6 Å². The number of anilines is 3. The van der Waals surface area contributed by atoms with Crippen molar-refractivity contribution in [1.29, 1.82) is 0 Å². The maximum atomic E-state index is 12.7. The lowest BCUT2D eigenvalue weighted by Gasteiger charge is -2.34. The minimum absolute atomic E-state index is 0.0541. The van der Waals surface area contributed by atoms with Crippen molar-refractivity contribution in [3.63, 3.8) is 0 Å². The minimum Gasteiger partial charge on any atom is -0.369 e. The Morgan fingerprint density at radius 3 is 2.64 bits per heavy atom. The number of likely N-dealkylation sites (N-methyl/N-ethyl adjacent to an activating group) is 1. The van der Waals surface area contributed by atoms with E-state index in [1.54, 1.807) is 18.3 Å². The van der Waals surface area contributed by atoms with Crippen molar-refractivity contribution >= 4 is 29.0 Å². The van der Waals surface area contributed by atoms with Crippen molar-refractivity contribution in [1.82, 2.24) is 9.88 Å². The van der Waals surface area contributed by atoms with Crippen LogP contribution < -0.4 is 15.5 Å². The molecule has 28 heavy (non-hydrogen) atoms. The Morgan fingerprint density at radius 2 is 1.89 bits per heavy atom. The summed E-state index contributed by atoms with van der Waals surface area (Å²) in [5.41, 5.74) is 2.57. The molecule has 0 atom stereocenters. The number of benzene rings is 1. The third-order valence-corrected chi connectivity index (χ3v) is 5.62. The normalized spacial score (nSPS) is 18.5. The molecule has 0 radical (unpaired) electrons. The van der Waals surface area contributed by atoms with Gasteiger partial charge in [0.2, 0.25) is 5.91 Å². The van der Waals surface area contributed by atoms with Crippen LogP contribution >= 0.6 is 0 Å². The Morgan fingerprint density at radius 1 is 1.14 bits per heavy atom. The van der Waals surface area contributed by atoms with E-state index in [0.717, 1.165) is 37.4 Å². The summed E-state index contributed by atoms with van der Waals surface area (Å²) in [6.45, 7) is 7.69. The molecular weight excluding hydrogens is 354 g/mol. The first-order valence-electron chi connectivity index (χ1n) is 9.51. The van der Waals surface area contributed by atoms with Crippen molar-refractivity contribution in [3.8, 4) is 0 Å². The van der Waals surface area contributed by atoms with Crippen LogP contribution in [0.15, 0.2) is 36.5 Å². The van der Waals surface area contributed by atoms with E-state index < -0.39 is 5.41 Å². The summed E-state index contributed by atoms with van der Waals surface area (Å²) in [6, 6.07) is 9.19. The molecule has 0 spiro atoms. The molecule has 0 bridgehead atoms. The number of pyridine rings is 1. The SMILES string of the molecule is CN1CCN(c2ccnc(NC(=O)c3ccc4c(c3)NC(=O)C4(C)C)c2)CC1. The fourth-order valence-corrected chi connectivity index (χ4v) is 3.67. The predicted molar refractivity (Wildman–Crippen MR) is 110 cm³/mol. The lowest BCUT2D eigenvalue weighted by Crippen LogP contribution is -2.44. The second kappa shape index (κ2) is 6.91. The largest absolute Gasteiger partial charge is 0.369 e. The van der Waals surface area contributed by atoms with Crippen molar-refractivity contribution in [2.75, 3.05) is 48.8 Å². The Bertz CT molecular complexity index is 932. The molecular formula is C21H25N5O2. The number of hydrogen-bond acceptors (Lipinski definition) is 5. The van der Waals surface area contributed by atoms with E-state index in [4.69, 9.17) is 0 Å². The average molecular weight is 379 g/mol. The number of fused-ring (bicyclic) bond motifs is 1. The van der Waals surface area contributed by atoms with Gasteiger partial charge in [-0.2, -0.15) is 0 Å². The molecule has 0 unspecified atom stereocenters. The van der Waals surface area contributed by atoms with E-state index in [9.17, 15) is 9.59 Å².